The molecule has 0 aromatic heterocycles. The molecule has 1 aliphatic carbocycles. The smallest absolute Gasteiger partial charge is 0.496 e. The van der Waals surface area contributed by atoms with Gasteiger partial charge in [-0.15, -0.1) is 0 Å². The Morgan fingerprint density at radius 1 is 1.02 bits per heavy atom. The second kappa shape index (κ2) is 13.0. The minimum absolute atomic E-state index is 0.0176. The molecule has 44 heavy (non-hydrogen) atoms. The van der Waals surface area contributed by atoms with Crippen LogP contribution in [0.1, 0.15) is 41.6 Å². The van der Waals surface area contributed by atoms with Gasteiger partial charge in [0.2, 0.25) is 5.91 Å². The first-order valence-corrected chi connectivity index (χ1v) is 14.9. The lowest BCUT2D eigenvalue weighted by atomic mass is 9.97. The van der Waals surface area contributed by atoms with Crippen molar-refractivity contribution < 1.29 is 50.2 Å². The van der Waals surface area contributed by atoms with Crippen LogP contribution in [0.3, 0.4) is 0 Å². The number of carboxylic acids is 1. The zero-order chi connectivity index (χ0) is 32.2. The van der Waals surface area contributed by atoms with Crippen LogP contribution in [0, 0.1) is 11.7 Å². The number of carbonyl (C=O) groups excluding carboxylic acids is 2. The third kappa shape index (κ3) is 7.18. The van der Waals surface area contributed by atoms with Crippen LogP contribution in [0.4, 0.5) is 23.2 Å². The third-order valence-corrected chi connectivity index (χ3v) is 8.77. The Labute approximate surface area is 250 Å². The lowest BCUT2D eigenvalue weighted by Gasteiger charge is -2.22. The van der Waals surface area contributed by atoms with Crippen molar-refractivity contribution >= 4 is 33.3 Å². The number of benzene rings is 3. The van der Waals surface area contributed by atoms with E-state index in [2.05, 4.69) is 10.6 Å². The largest absolute Gasteiger partial charge is 0.501 e. The molecule has 0 saturated heterocycles. The van der Waals surface area contributed by atoms with E-state index in [-0.39, 0.29) is 35.4 Å². The Balaban J connectivity index is 1.53. The Morgan fingerprint density at radius 3 is 2.43 bits per heavy atom. The second-order valence-electron chi connectivity index (χ2n) is 10.2. The molecule has 2 atom stereocenters. The van der Waals surface area contributed by atoms with Crippen LogP contribution in [0.2, 0.25) is 0 Å². The number of carbonyl (C=O) groups is 3. The average Bonchev–Trinajstić information content (AvgIpc) is 3.43. The number of alkyl halides is 3. The zero-order valence-corrected chi connectivity index (χ0v) is 24.1. The molecule has 0 bridgehead atoms. The van der Waals surface area contributed by atoms with E-state index in [1.54, 1.807) is 24.3 Å². The first-order valence-electron chi connectivity index (χ1n) is 13.4. The van der Waals surface area contributed by atoms with Crippen molar-refractivity contribution in [2.24, 2.45) is 5.92 Å². The molecule has 14 heteroatoms. The standard InChI is InChI=1S/C30H28F4N2O7S/c1-43-26-16-24(31)22(18-6-2-5-17(13-18)11-12-27(37)38)15-23(26)29(40)36-25-10-4-9-21(25)28(39)35-19-7-3-8-20(14-19)44(41,42)30(32,33)34/h2-3,5-8,13-16,21,25H,4,9-12H2,1H3,(H,35,39)(H,36,40)(H,37,38)/t21-,25+/m0/s1. The monoisotopic (exact) mass is 636 g/mol. The fourth-order valence-corrected chi connectivity index (χ4v) is 5.88. The van der Waals surface area contributed by atoms with Crippen molar-refractivity contribution in [3.05, 3.63) is 77.6 Å². The van der Waals surface area contributed by atoms with Gasteiger partial charge >= 0.3 is 11.5 Å². The number of carboxylic acid groups (broad SMARTS) is 1. The third-order valence-electron chi connectivity index (χ3n) is 7.29. The van der Waals surface area contributed by atoms with Crippen LogP contribution in [0.5, 0.6) is 5.75 Å². The molecule has 3 N–H and O–H groups in total. The first kappa shape index (κ1) is 32.5. The van der Waals surface area contributed by atoms with Crippen molar-refractivity contribution in [2.75, 3.05) is 12.4 Å². The number of hydrogen-bond acceptors (Lipinski definition) is 6. The van der Waals surface area contributed by atoms with Gasteiger partial charge in [-0.1, -0.05) is 36.8 Å². The molecule has 0 unspecified atom stereocenters. The number of aliphatic carboxylic acids is 1. The Bertz CT molecular complexity index is 1690. The minimum atomic E-state index is -5.62. The maximum Gasteiger partial charge on any atom is 0.501 e. The maximum atomic E-state index is 15.1. The van der Waals surface area contributed by atoms with E-state index in [1.165, 1.54) is 19.2 Å². The van der Waals surface area contributed by atoms with Crippen LogP contribution in [-0.4, -0.2) is 50.0 Å². The SMILES string of the molecule is COc1cc(F)c(-c2cccc(CCC(=O)O)c2)cc1C(=O)N[C@@H]1CCC[C@@H]1C(=O)Nc1cccc(S(=O)(=O)C(F)(F)F)c1. The summed E-state index contributed by atoms with van der Waals surface area (Å²) in [6, 6.07) is 12.1. The molecule has 1 saturated carbocycles. The predicted molar refractivity (Wildman–Crippen MR) is 151 cm³/mol. The normalized spacial score (nSPS) is 16.8. The fraction of sp³-hybridized carbons (Fsp3) is 0.300. The van der Waals surface area contributed by atoms with Gasteiger partial charge in [0.15, 0.2) is 0 Å². The van der Waals surface area contributed by atoms with E-state index in [4.69, 9.17) is 9.84 Å². The predicted octanol–water partition coefficient (Wildman–Crippen LogP) is 5.35. The van der Waals surface area contributed by atoms with E-state index < -0.39 is 55.8 Å². The van der Waals surface area contributed by atoms with Gasteiger partial charge in [0.1, 0.15) is 11.6 Å². The van der Waals surface area contributed by atoms with Crippen molar-refractivity contribution in [3.8, 4) is 16.9 Å². The summed E-state index contributed by atoms with van der Waals surface area (Å²) >= 11 is 0. The molecular weight excluding hydrogens is 608 g/mol. The summed E-state index contributed by atoms with van der Waals surface area (Å²) in [6.45, 7) is 0. The van der Waals surface area contributed by atoms with Crippen LogP contribution in [0.15, 0.2) is 65.6 Å². The Morgan fingerprint density at radius 2 is 1.75 bits per heavy atom. The number of ether oxygens (including phenoxy) is 1. The van der Waals surface area contributed by atoms with Gasteiger partial charge in [0.05, 0.1) is 23.5 Å². The van der Waals surface area contributed by atoms with Crippen molar-refractivity contribution in [2.45, 2.75) is 48.5 Å². The van der Waals surface area contributed by atoms with Crippen molar-refractivity contribution in [1.82, 2.24) is 5.32 Å². The van der Waals surface area contributed by atoms with Crippen LogP contribution in [0.25, 0.3) is 11.1 Å². The number of halogens is 4. The van der Waals surface area contributed by atoms with Gasteiger partial charge < -0.3 is 20.5 Å². The molecule has 234 valence electrons. The zero-order valence-electron chi connectivity index (χ0n) is 23.3. The fourth-order valence-electron chi connectivity index (χ4n) is 5.07. The van der Waals surface area contributed by atoms with Gasteiger partial charge in [-0.3, -0.25) is 14.4 Å². The van der Waals surface area contributed by atoms with Crippen molar-refractivity contribution in [3.63, 3.8) is 0 Å². The van der Waals surface area contributed by atoms with Gasteiger partial charge in [-0.25, -0.2) is 12.8 Å². The average molecular weight is 637 g/mol. The molecule has 3 aromatic rings. The Kier molecular flexibility index (Phi) is 9.62. The second-order valence-corrected chi connectivity index (χ2v) is 12.2. The summed E-state index contributed by atoms with van der Waals surface area (Å²) in [7, 11) is -4.36. The summed E-state index contributed by atoms with van der Waals surface area (Å²) in [5.41, 5.74) is -4.55. The van der Waals surface area contributed by atoms with E-state index >= 15 is 4.39 Å². The number of amides is 2. The van der Waals surface area contributed by atoms with E-state index in [9.17, 15) is 36.0 Å². The number of anilines is 1. The molecule has 0 heterocycles. The molecular formula is C30H28F4N2O7S. The number of methoxy groups -OCH3 is 1. The molecule has 2 amide bonds. The lowest BCUT2D eigenvalue weighted by Crippen LogP contribution is -2.42. The summed E-state index contributed by atoms with van der Waals surface area (Å²) in [4.78, 5) is 36.4. The van der Waals surface area contributed by atoms with Crippen molar-refractivity contribution in [1.29, 1.82) is 0 Å². The first-order chi connectivity index (χ1) is 20.7. The van der Waals surface area contributed by atoms with E-state index in [0.29, 0.717) is 36.5 Å². The highest BCUT2D eigenvalue weighted by Gasteiger charge is 2.47. The minimum Gasteiger partial charge on any atom is -0.496 e. The van der Waals surface area contributed by atoms with Gasteiger partial charge in [-0.2, -0.15) is 13.2 Å². The van der Waals surface area contributed by atoms with Crippen LogP contribution < -0.4 is 15.4 Å². The molecule has 0 spiro atoms. The highest BCUT2D eigenvalue weighted by atomic mass is 32.2. The number of aryl methyl sites for hydroxylation is 1. The summed E-state index contributed by atoms with van der Waals surface area (Å²) in [5.74, 6) is -3.80. The molecule has 1 fully saturated rings. The van der Waals surface area contributed by atoms with Gasteiger partial charge in [0, 0.05) is 29.8 Å². The number of nitrogens with one attached hydrogen (secondary N) is 2. The van der Waals surface area contributed by atoms with Crippen LogP contribution >= 0.6 is 0 Å². The topological polar surface area (TPSA) is 139 Å². The molecule has 9 nitrogen and oxygen atoms in total. The van der Waals surface area contributed by atoms with E-state index in [0.717, 1.165) is 18.2 Å². The van der Waals surface area contributed by atoms with Gasteiger partial charge in [-0.05, 0) is 54.7 Å². The lowest BCUT2D eigenvalue weighted by molar-refractivity contribution is -0.137. The molecule has 3 aromatic carbocycles. The molecule has 4 rings (SSSR count). The molecule has 0 aliphatic heterocycles. The highest BCUT2D eigenvalue weighted by molar-refractivity contribution is 7.92. The summed E-state index contributed by atoms with van der Waals surface area (Å²) in [5, 5.41) is 14.2. The van der Waals surface area contributed by atoms with Crippen LogP contribution in [-0.2, 0) is 25.8 Å². The summed E-state index contributed by atoms with van der Waals surface area (Å²) < 4.78 is 82.8. The quantitative estimate of drug-likeness (QED) is 0.255. The van der Waals surface area contributed by atoms with E-state index in [1.807, 2.05) is 0 Å². The molecule has 0 radical (unpaired) electrons. The number of sulfone groups is 1. The number of hydrogen-bond donors (Lipinski definition) is 3. The number of rotatable bonds is 10. The highest BCUT2D eigenvalue weighted by Crippen LogP contribution is 2.34. The molecule has 1 aliphatic rings. The summed E-state index contributed by atoms with van der Waals surface area (Å²) in [6.07, 6.45) is 1.39. The Hall–Kier alpha value is -4.46. The maximum absolute atomic E-state index is 15.1. The van der Waals surface area contributed by atoms with Gasteiger partial charge in [0.25, 0.3) is 15.7 Å².